The number of carbonyl (C=O) groups is 3. The van der Waals surface area contributed by atoms with Crippen molar-refractivity contribution in [1.29, 1.82) is 0 Å². The molecule has 3 saturated heterocycles. The third kappa shape index (κ3) is 7.60. The van der Waals surface area contributed by atoms with Crippen molar-refractivity contribution in [2.45, 2.75) is 70.9 Å². The molecular formula is C39H48FN7O4. The van der Waals surface area contributed by atoms with Crippen LogP contribution in [-0.4, -0.2) is 105 Å². The Morgan fingerprint density at radius 2 is 1.65 bits per heavy atom. The summed E-state index contributed by atoms with van der Waals surface area (Å²) in [5, 5.41) is 4.88. The zero-order valence-electron chi connectivity index (χ0n) is 29.9. The molecule has 1 atom stereocenters. The van der Waals surface area contributed by atoms with Gasteiger partial charge in [0, 0.05) is 94.7 Å². The first-order chi connectivity index (χ1) is 24.5. The van der Waals surface area contributed by atoms with Gasteiger partial charge in [-0.3, -0.25) is 14.3 Å². The molecule has 3 aliphatic rings. The molecular weight excluding hydrogens is 649 g/mol. The molecule has 0 aliphatic carbocycles. The van der Waals surface area contributed by atoms with Gasteiger partial charge in [0.05, 0.1) is 5.52 Å². The number of carbonyl (C=O) groups excluding carboxylic acids is 3. The highest BCUT2D eigenvalue weighted by atomic mass is 19.1. The molecule has 3 amide bonds. The summed E-state index contributed by atoms with van der Waals surface area (Å²) in [7, 11) is 0. The minimum atomic E-state index is -0.536. The summed E-state index contributed by atoms with van der Waals surface area (Å²) < 4.78 is 23.9. The predicted octanol–water partition coefficient (Wildman–Crippen LogP) is 6.26. The quantitative estimate of drug-likeness (QED) is 0.245. The number of aromatic amines is 1. The molecule has 4 aromatic rings. The normalized spacial score (nSPS) is 18.5. The van der Waals surface area contributed by atoms with Crippen LogP contribution in [0.5, 0.6) is 0 Å². The first-order valence-electron chi connectivity index (χ1n) is 18.3. The number of likely N-dealkylation sites (tertiary alicyclic amines) is 2. The van der Waals surface area contributed by atoms with Gasteiger partial charge in [-0.15, -0.1) is 0 Å². The van der Waals surface area contributed by atoms with Crippen molar-refractivity contribution < 1.29 is 23.5 Å². The van der Waals surface area contributed by atoms with Gasteiger partial charge in [-0.25, -0.2) is 9.18 Å². The second-order valence-corrected chi connectivity index (χ2v) is 15.0. The van der Waals surface area contributed by atoms with Gasteiger partial charge >= 0.3 is 6.09 Å². The van der Waals surface area contributed by atoms with Gasteiger partial charge in [-0.05, 0) is 93.5 Å². The number of hydrogen-bond acceptors (Lipinski definition) is 6. The van der Waals surface area contributed by atoms with E-state index in [1.807, 2.05) is 61.0 Å². The topological polar surface area (TPSA) is 107 Å². The summed E-state index contributed by atoms with van der Waals surface area (Å²) in [4.78, 5) is 50.2. The highest BCUT2D eigenvalue weighted by Crippen LogP contribution is 2.39. The van der Waals surface area contributed by atoms with Gasteiger partial charge in [-0.1, -0.05) is 12.1 Å². The molecule has 12 heteroatoms. The van der Waals surface area contributed by atoms with Crippen molar-refractivity contribution in [3.63, 3.8) is 0 Å². The minimum absolute atomic E-state index is 0.0396. The van der Waals surface area contributed by atoms with Crippen LogP contribution >= 0.6 is 0 Å². The Bertz CT molecular complexity index is 1870. The molecule has 1 N–H and O–H groups in total. The second kappa shape index (κ2) is 14.4. The van der Waals surface area contributed by atoms with E-state index in [2.05, 4.69) is 27.1 Å². The number of nitrogens with one attached hydrogen (secondary N) is 1. The predicted molar refractivity (Wildman–Crippen MR) is 194 cm³/mol. The highest BCUT2D eigenvalue weighted by Gasteiger charge is 2.31. The van der Waals surface area contributed by atoms with Crippen molar-refractivity contribution in [2.75, 3.05) is 57.3 Å². The lowest BCUT2D eigenvalue weighted by Gasteiger charge is -2.36. The lowest BCUT2D eigenvalue weighted by atomic mass is 9.87. The van der Waals surface area contributed by atoms with Crippen molar-refractivity contribution >= 4 is 34.5 Å². The zero-order valence-corrected chi connectivity index (χ0v) is 29.9. The van der Waals surface area contributed by atoms with E-state index in [1.165, 1.54) is 0 Å². The molecule has 2 aromatic heterocycles. The number of fused-ring (bicyclic) bond motifs is 1. The summed E-state index contributed by atoms with van der Waals surface area (Å²) in [5.41, 5.74) is 3.55. The SMILES string of the molecule is CC(C)(C)OC(=O)N1CCN(c2ccc(-c3cc([C@@H]4CCCN(C(=O)CCn5cccn5)C4)c(F)c4[nH]c(C(=O)N5CCCC5)cc34)cc2)CC1. The van der Waals surface area contributed by atoms with Crippen molar-refractivity contribution in [3.05, 3.63) is 71.9 Å². The fourth-order valence-corrected chi connectivity index (χ4v) is 7.61. The molecule has 0 spiro atoms. The maximum atomic E-state index is 16.6. The van der Waals surface area contributed by atoms with E-state index < -0.39 is 5.60 Å². The van der Waals surface area contributed by atoms with Gasteiger partial charge in [0.2, 0.25) is 5.91 Å². The van der Waals surface area contributed by atoms with E-state index in [4.69, 9.17) is 4.74 Å². The fourth-order valence-electron chi connectivity index (χ4n) is 7.61. The van der Waals surface area contributed by atoms with Crippen LogP contribution in [0.1, 0.15) is 74.8 Å². The number of hydrogen-bond donors (Lipinski definition) is 1. The Hall–Kier alpha value is -4.87. The second-order valence-electron chi connectivity index (χ2n) is 15.0. The number of nitrogens with zero attached hydrogens (tertiary/aromatic N) is 6. The molecule has 0 saturated carbocycles. The Morgan fingerprint density at radius 1 is 0.922 bits per heavy atom. The van der Waals surface area contributed by atoms with Crippen LogP contribution in [0.2, 0.25) is 0 Å². The smallest absolute Gasteiger partial charge is 0.410 e. The van der Waals surface area contributed by atoms with Crippen LogP contribution in [0.3, 0.4) is 0 Å². The maximum absolute atomic E-state index is 16.6. The van der Waals surface area contributed by atoms with E-state index in [0.29, 0.717) is 87.5 Å². The fraction of sp³-hybridized carbons (Fsp3) is 0.487. The van der Waals surface area contributed by atoms with Crippen LogP contribution in [0.15, 0.2) is 54.9 Å². The molecule has 0 unspecified atom stereocenters. The summed E-state index contributed by atoms with van der Waals surface area (Å²) in [6.45, 7) is 11.1. The van der Waals surface area contributed by atoms with Crippen molar-refractivity contribution in [1.82, 2.24) is 29.5 Å². The number of anilines is 1. The summed E-state index contributed by atoms with van der Waals surface area (Å²) in [6, 6.07) is 13.8. The number of aromatic nitrogens is 3. The van der Waals surface area contributed by atoms with Crippen LogP contribution in [0.4, 0.5) is 14.9 Å². The Labute approximate surface area is 298 Å². The lowest BCUT2D eigenvalue weighted by Crippen LogP contribution is -2.50. The van der Waals surface area contributed by atoms with Crippen LogP contribution in [0, 0.1) is 5.82 Å². The molecule has 3 fully saturated rings. The monoisotopic (exact) mass is 697 g/mol. The number of ether oxygens (including phenoxy) is 1. The van der Waals surface area contributed by atoms with E-state index in [-0.39, 0.29) is 29.6 Å². The van der Waals surface area contributed by atoms with E-state index in [0.717, 1.165) is 42.5 Å². The molecule has 7 rings (SSSR count). The number of amides is 3. The Kier molecular flexibility index (Phi) is 9.76. The molecule has 3 aliphatic heterocycles. The minimum Gasteiger partial charge on any atom is -0.444 e. The standard InChI is InChI=1S/C39H48FN7O4/c1-39(2,3)51-38(50)45-22-20-43(21-23-45)29-11-9-27(10-12-29)30-24-31(28-8-6-17-46(26-28)34(48)13-19-47-18-7-14-41-47)35(40)36-32(30)25-33(42-36)37(49)44-15-4-5-16-44/h7,9-12,14,18,24-25,28,42H,4-6,8,13,15-17,19-23,26H2,1-3H3/t28-/m1/s1. The molecule has 11 nitrogen and oxygen atoms in total. The van der Waals surface area contributed by atoms with Gasteiger partial charge in [0.1, 0.15) is 11.3 Å². The van der Waals surface area contributed by atoms with Crippen molar-refractivity contribution in [2.24, 2.45) is 0 Å². The number of benzene rings is 2. The lowest BCUT2D eigenvalue weighted by molar-refractivity contribution is -0.132. The number of piperidine rings is 1. The van der Waals surface area contributed by atoms with E-state index >= 15 is 4.39 Å². The average Bonchev–Trinajstić information content (AvgIpc) is 3.94. The zero-order chi connectivity index (χ0) is 35.7. The molecule has 51 heavy (non-hydrogen) atoms. The summed E-state index contributed by atoms with van der Waals surface area (Å²) in [5.74, 6) is -0.609. The largest absolute Gasteiger partial charge is 0.444 e. The average molecular weight is 698 g/mol. The Balaban J connectivity index is 1.15. The number of aryl methyl sites for hydroxylation is 1. The van der Waals surface area contributed by atoms with Crippen LogP contribution in [0.25, 0.3) is 22.0 Å². The molecule has 0 bridgehead atoms. The number of rotatable bonds is 7. The van der Waals surface area contributed by atoms with Gasteiger partial charge in [-0.2, -0.15) is 5.10 Å². The highest BCUT2D eigenvalue weighted by molar-refractivity contribution is 6.03. The van der Waals surface area contributed by atoms with Gasteiger partial charge in [0.25, 0.3) is 5.91 Å². The van der Waals surface area contributed by atoms with Crippen LogP contribution in [-0.2, 0) is 16.1 Å². The van der Waals surface area contributed by atoms with Crippen molar-refractivity contribution in [3.8, 4) is 11.1 Å². The summed E-state index contributed by atoms with van der Waals surface area (Å²) >= 11 is 0. The van der Waals surface area contributed by atoms with E-state index in [9.17, 15) is 14.4 Å². The first-order valence-corrected chi connectivity index (χ1v) is 18.3. The Morgan fingerprint density at radius 3 is 2.33 bits per heavy atom. The molecule has 0 radical (unpaired) electrons. The molecule has 2 aromatic carbocycles. The number of H-pyrrole nitrogens is 1. The molecule has 5 heterocycles. The maximum Gasteiger partial charge on any atom is 0.410 e. The third-order valence-corrected chi connectivity index (χ3v) is 10.3. The number of halogens is 1. The summed E-state index contributed by atoms with van der Waals surface area (Å²) in [6.07, 6.45) is 7.07. The van der Waals surface area contributed by atoms with Gasteiger partial charge in [0.15, 0.2) is 5.82 Å². The third-order valence-electron chi connectivity index (χ3n) is 10.3. The van der Waals surface area contributed by atoms with E-state index in [1.54, 1.807) is 21.8 Å². The van der Waals surface area contributed by atoms with Crippen LogP contribution < -0.4 is 4.90 Å². The number of piperazine rings is 1. The van der Waals surface area contributed by atoms with Gasteiger partial charge < -0.3 is 29.3 Å². The molecule has 270 valence electrons. The first kappa shape index (κ1) is 34.6.